The van der Waals surface area contributed by atoms with Crippen LogP contribution in [0.2, 0.25) is 0 Å². The second-order valence-electron chi connectivity index (χ2n) is 6.70. The molecule has 4 rings (SSSR count). The second kappa shape index (κ2) is 6.45. The molecule has 1 aliphatic rings. The summed E-state index contributed by atoms with van der Waals surface area (Å²) in [4.78, 5) is 16.8. The lowest BCUT2D eigenvalue weighted by Gasteiger charge is -2.06. The molecule has 0 aliphatic heterocycles. The molecule has 0 saturated heterocycles. The summed E-state index contributed by atoms with van der Waals surface area (Å²) in [5, 5.41) is 6.08. The Hall–Kier alpha value is -2.46. The van der Waals surface area contributed by atoms with Gasteiger partial charge in [-0.2, -0.15) is 0 Å². The smallest absolute Gasteiger partial charge is 0.227 e. The number of carbonyl (C=O) groups excluding carboxylic acids is 1. The van der Waals surface area contributed by atoms with E-state index in [-0.39, 0.29) is 11.8 Å². The van der Waals surface area contributed by atoms with Crippen molar-refractivity contribution >= 4 is 22.9 Å². The molecular formula is C21H20N2OS. The summed E-state index contributed by atoms with van der Waals surface area (Å²) in [6, 6.07) is 14.4. The molecule has 126 valence electrons. The number of hydrogen-bond donors (Lipinski definition) is 1. The Morgan fingerprint density at radius 1 is 1.16 bits per heavy atom. The van der Waals surface area contributed by atoms with E-state index in [2.05, 4.69) is 42.7 Å². The highest BCUT2D eigenvalue weighted by atomic mass is 32.1. The lowest BCUT2D eigenvalue weighted by atomic mass is 10.0. The van der Waals surface area contributed by atoms with E-state index in [4.69, 9.17) is 4.98 Å². The van der Waals surface area contributed by atoms with Gasteiger partial charge in [0.05, 0.1) is 5.69 Å². The predicted molar refractivity (Wildman–Crippen MR) is 104 cm³/mol. The number of amides is 1. The van der Waals surface area contributed by atoms with Gasteiger partial charge in [0.1, 0.15) is 5.01 Å². The molecule has 0 atom stereocenters. The molecule has 1 aromatic heterocycles. The molecule has 0 spiro atoms. The number of carbonyl (C=O) groups is 1. The van der Waals surface area contributed by atoms with Crippen LogP contribution in [0.1, 0.15) is 24.0 Å². The number of aryl methyl sites for hydroxylation is 2. The van der Waals surface area contributed by atoms with Crippen molar-refractivity contribution in [3.63, 3.8) is 0 Å². The van der Waals surface area contributed by atoms with Crippen LogP contribution < -0.4 is 5.32 Å². The van der Waals surface area contributed by atoms with Crippen LogP contribution in [0, 0.1) is 19.8 Å². The molecule has 1 aliphatic carbocycles. The third kappa shape index (κ3) is 3.49. The van der Waals surface area contributed by atoms with Crippen LogP contribution in [0.3, 0.4) is 0 Å². The summed E-state index contributed by atoms with van der Waals surface area (Å²) in [6.07, 6.45) is 2.02. The number of anilines is 1. The van der Waals surface area contributed by atoms with Crippen molar-refractivity contribution in [1.82, 2.24) is 4.98 Å². The maximum atomic E-state index is 12.0. The van der Waals surface area contributed by atoms with Crippen LogP contribution >= 0.6 is 11.3 Å². The van der Waals surface area contributed by atoms with Gasteiger partial charge in [0.2, 0.25) is 5.91 Å². The Labute approximate surface area is 151 Å². The molecule has 1 heterocycles. The fourth-order valence-electron chi connectivity index (χ4n) is 2.95. The van der Waals surface area contributed by atoms with Crippen molar-refractivity contribution in [2.75, 3.05) is 5.32 Å². The summed E-state index contributed by atoms with van der Waals surface area (Å²) in [5.74, 6) is 0.340. The van der Waals surface area contributed by atoms with Crippen LogP contribution in [-0.2, 0) is 4.79 Å². The topological polar surface area (TPSA) is 42.0 Å². The van der Waals surface area contributed by atoms with Crippen LogP contribution in [0.5, 0.6) is 0 Å². The Bertz CT molecular complexity index is 941. The van der Waals surface area contributed by atoms with Crippen molar-refractivity contribution in [3.05, 3.63) is 59.0 Å². The van der Waals surface area contributed by atoms with E-state index in [0.29, 0.717) is 0 Å². The van der Waals surface area contributed by atoms with Gasteiger partial charge in [-0.25, -0.2) is 4.98 Å². The van der Waals surface area contributed by atoms with Gasteiger partial charge < -0.3 is 5.32 Å². The number of nitrogens with one attached hydrogen (secondary N) is 1. The van der Waals surface area contributed by atoms with Crippen molar-refractivity contribution < 1.29 is 4.79 Å². The third-order valence-corrected chi connectivity index (χ3v) is 5.38. The molecule has 0 bridgehead atoms. The maximum Gasteiger partial charge on any atom is 0.227 e. The molecular weight excluding hydrogens is 328 g/mol. The van der Waals surface area contributed by atoms with E-state index >= 15 is 0 Å². The first-order valence-corrected chi connectivity index (χ1v) is 9.42. The lowest BCUT2D eigenvalue weighted by molar-refractivity contribution is -0.117. The van der Waals surface area contributed by atoms with E-state index in [0.717, 1.165) is 34.8 Å². The van der Waals surface area contributed by atoms with E-state index in [1.54, 1.807) is 11.3 Å². The Balaban J connectivity index is 1.60. The minimum atomic E-state index is 0.132. The van der Waals surface area contributed by atoms with Gasteiger partial charge in [-0.15, -0.1) is 11.3 Å². The van der Waals surface area contributed by atoms with E-state index in [1.165, 1.54) is 16.7 Å². The molecule has 0 unspecified atom stereocenters. The largest absolute Gasteiger partial charge is 0.326 e. The number of benzene rings is 2. The zero-order valence-corrected chi connectivity index (χ0v) is 15.2. The number of nitrogens with zero attached hydrogens (tertiary/aromatic N) is 1. The van der Waals surface area contributed by atoms with Crippen LogP contribution in [0.25, 0.3) is 21.8 Å². The molecule has 2 aromatic carbocycles. The molecule has 3 nitrogen and oxygen atoms in total. The van der Waals surface area contributed by atoms with Gasteiger partial charge in [-0.3, -0.25) is 4.79 Å². The van der Waals surface area contributed by atoms with E-state index in [9.17, 15) is 4.79 Å². The summed E-state index contributed by atoms with van der Waals surface area (Å²) < 4.78 is 0. The monoisotopic (exact) mass is 348 g/mol. The standard InChI is InChI=1S/C21H20N2OS/c1-13-6-9-18(14(2)10-13)19-12-25-21(23-19)16-4-3-5-17(11-16)22-20(24)15-7-8-15/h3-6,9-12,15H,7-8H2,1-2H3,(H,22,24). The first-order valence-electron chi connectivity index (χ1n) is 8.54. The van der Waals surface area contributed by atoms with Gasteiger partial charge in [0, 0.05) is 28.1 Å². The molecule has 1 saturated carbocycles. The molecule has 0 radical (unpaired) electrons. The van der Waals surface area contributed by atoms with Crippen LogP contribution in [0.15, 0.2) is 47.8 Å². The quantitative estimate of drug-likeness (QED) is 0.682. The lowest BCUT2D eigenvalue weighted by Crippen LogP contribution is -2.13. The molecule has 1 fully saturated rings. The molecule has 25 heavy (non-hydrogen) atoms. The van der Waals surface area contributed by atoms with Crippen molar-refractivity contribution in [2.24, 2.45) is 5.92 Å². The van der Waals surface area contributed by atoms with E-state index < -0.39 is 0 Å². The first kappa shape index (κ1) is 16.0. The first-order chi connectivity index (χ1) is 12.1. The zero-order chi connectivity index (χ0) is 17.4. The fourth-order valence-corrected chi connectivity index (χ4v) is 3.77. The highest BCUT2D eigenvalue weighted by Gasteiger charge is 2.29. The zero-order valence-electron chi connectivity index (χ0n) is 14.4. The second-order valence-corrected chi connectivity index (χ2v) is 7.56. The Morgan fingerprint density at radius 2 is 2.00 bits per heavy atom. The number of rotatable bonds is 4. The highest BCUT2D eigenvalue weighted by molar-refractivity contribution is 7.13. The minimum absolute atomic E-state index is 0.132. The highest BCUT2D eigenvalue weighted by Crippen LogP contribution is 2.33. The molecule has 3 aromatic rings. The maximum absolute atomic E-state index is 12.0. The van der Waals surface area contributed by atoms with Crippen LogP contribution in [-0.4, -0.2) is 10.9 Å². The van der Waals surface area contributed by atoms with Gasteiger partial charge in [0.15, 0.2) is 0 Å². The molecule has 1 amide bonds. The summed E-state index contributed by atoms with van der Waals surface area (Å²) in [7, 11) is 0. The van der Waals surface area contributed by atoms with Crippen LogP contribution in [0.4, 0.5) is 5.69 Å². The molecule has 1 N–H and O–H groups in total. The summed E-state index contributed by atoms with van der Waals surface area (Å²) in [6.45, 7) is 4.22. The van der Waals surface area contributed by atoms with Gasteiger partial charge >= 0.3 is 0 Å². The van der Waals surface area contributed by atoms with Gasteiger partial charge in [-0.05, 0) is 44.4 Å². The third-order valence-electron chi connectivity index (χ3n) is 4.49. The van der Waals surface area contributed by atoms with Gasteiger partial charge in [0.25, 0.3) is 0 Å². The number of hydrogen-bond acceptors (Lipinski definition) is 3. The average molecular weight is 348 g/mol. The fraction of sp³-hybridized carbons (Fsp3) is 0.238. The van der Waals surface area contributed by atoms with Crippen molar-refractivity contribution in [2.45, 2.75) is 26.7 Å². The Kier molecular flexibility index (Phi) is 4.14. The minimum Gasteiger partial charge on any atom is -0.326 e. The SMILES string of the molecule is Cc1ccc(-c2csc(-c3cccc(NC(=O)C4CC4)c3)n2)c(C)c1. The summed E-state index contributed by atoms with van der Waals surface area (Å²) in [5.41, 5.74) is 6.56. The van der Waals surface area contributed by atoms with Crippen molar-refractivity contribution in [1.29, 1.82) is 0 Å². The number of thiazole rings is 1. The molecule has 4 heteroatoms. The average Bonchev–Trinajstić information content (AvgIpc) is 3.33. The Morgan fingerprint density at radius 3 is 2.76 bits per heavy atom. The van der Waals surface area contributed by atoms with E-state index in [1.807, 2.05) is 24.3 Å². The predicted octanol–water partition coefficient (Wildman–Crippen LogP) is 5.44. The normalized spacial score (nSPS) is 13.7. The van der Waals surface area contributed by atoms with Crippen molar-refractivity contribution in [3.8, 4) is 21.8 Å². The number of aromatic nitrogens is 1. The van der Waals surface area contributed by atoms with Gasteiger partial charge in [-0.1, -0.05) is 35.9 Å². The summed E-state index contributed by atoms with van der Waals surface area (Å²) >= 11 is 1.63.